The van der Waals surface area contributed by atoms with Crippen LogP contribution in [0.1, 0.15) is 38.3 Å². The Labute approximate surface area is 116 Å². The lowest BCUT2D eigenvalue weighted by Crippen LogP contribution is -2.51. The fourth-order valence-electron chi connectivity index (χ4n) is 2.64. The Morgan fingerprint density at radius 2 is 2.06 bits per heavy atom. The highest BCUT2D eigenvalue weighted by Crippen LogP contribution is 2.35. The summed E-state index contributed by atoms with van der Waals surface area (Å²) in [6.07, 6.45) is 1.31. The zero-order valence-electron chi connectivity index (χ0n) is 10.8. The van der Waals surface area contributed by atoms with Gasteiger partial charge in [0.1, 0.15) is 0 Å². The van der Waals surface area contributed by atoms with Crippen molar-refractivity contribution in [3.63, 3.8) is 0 Å². The summed E-state index contributed by atoms with van der Waals surface area (Å²) in [7, 11) is 0. The summed E-state index contributed by atoms with van der Waals surface area (Å²) in [5.41, 5.74) is 7.36. The Hall–Kier alpha value is -0.870. The first-order valence-electron chi connectivity index (χ1n) is 6.33. The first-order chi connectivity index (χ1) is 8.52. The van der Waals surface area contributed by atoms with Crippen LogP contribution in [0.2, 0.25) is 0 Å². The third kappa shape index (κ3) is 2.45. The number of rotatable bonds is 2. The predicted octanol–water partition coefficient (Wildman–Crippen LogP) is 2.85. The molecular weight excluding hydrogens is 292 g/mol. The first kappa shape index (κ1) is 13.6. The van der Waals surface area contributed by atoms with Crippen LogP contribution < -0.4 is 5.73 Å². The summed E-state index contributed by atoms with van der Waals surface area (Å²) in [5, 5.41) is 0. The number of nitrogens with two attached hydrogens (primary N) is 1. The molecule has 1 aliphatic heterocycles. The summed E-state index contributed by atoms with van der Waals surface area (Å²) < 4.78 is 1.02. The molecule has 3 nitrogen and oxygen atoms in total. The molecule has 0 radical (unpaired) electrons. The molecular formula is C14H19BrN2O. The zero-order valence-corrected chi connectivity index (χ0v) is 12.4. The van der Waals surface area contributed by atoms with Crippen molar-refractivity contribution in [2.75, 3.05) is 0 Å². The maximum absolute atomic E-state index is 12.1. The number of piperidine rings is 1. The summed E-state index contributed by atoms with van der Waals surface area (Å²) in [5.74, 6) is 0.201. The van der Waals surface area contributed by atoms with Crippen molar-refractivity contribution in [3.05, 3.63) is 34.3 Å². The van der Waals surface area contributed by atoms with Crippen LogP contribution in [0.15, 0.2) is 28.7 Å². The number of carbonyl (C=O) groups is 1. The van der Waals surface area contributed by atoms with Crippen LogP contribution >= 0.6 is 15.9 Å². The molecule has 1 heterocycles. The highest BCUT2D eigenvalue weighted by atomic mass is 79.9. The van der Waals surface area contributed by atoms with E-state index in [1.807, 2.05) is 43.0 Å². The lowest BCUT2D eigenvalue weighted by molar-refractivity contribution is -0.139. The van der Waals surface area contributed by atoms with E-state index < -0.39 is 0 Å². The maximum atomic E-state index is 12.1. The average molecular weight is 311 g/mol. The van der Waals surface area contributed by atoms with Crippen molar-refractivity contribution in [2.45, 2.75) is 44.8 Å². The van der Waals surface area contributed by atoms with Gasteiger partial charge < -0.3 is 10.6 Å². The fraction of sp³-hybridized carbons (Fsp3) is 0.500. The van der Waals surface area contributed by atoms with Crippen LogP contribution in [-0.2, 0) is 4.79 Å². The number of halogens is 1. The number of likely N-dealkylation sites (tertiary alicyclic amines) is 1. The molecule has 2 rings (SSSR count). The van der Waals surface area contributed by atoms with Gasteiger partial charge in [-0.05, 0) is 31.9 Å². The second kappa shape index (κ2) is 5.41. The van der Waals surface area contributed by atoms with E-state index in [1.165, 1.54) is 0 Å². The quantitative estimate of drug-likeness (QED) is 0.913. The molecule has 2 atom stereocenters. The summed E-state index contributed by atoms with van der Waals surface area (Å²) in [4.78, 5) is 14.1. The van der Waals surface area contributed by atoms with E-state index in [-0.39, 0.29) is 24.0 Å². The van der Waals surface area contributed by atoms with Crippen LogP contribution in [0.3, 0.4) is 0 Å². The van der Waals surface area contributed by atoms with Crippen molar-refractivity contribution in [3.8, 4) is 0 Å². The van der Waals surface area contributed by atoms with Crippen molar-refractivity contribution in [1.82, 2.24) is 4.90 Å². The highest BCUT2D eigenvalue weighted by molar-refractivity contribution is 9.10. The number of hydrogen-bond acceptors (Lipinski definition) is 2. The maximum Gasteiger partial charge on any atom is 0.223 e. The molecule has 0 aromatic heterocycles. The average Bonchev–Trinajstić information content (AvgIpc) is 2.32. The van der Waals surface area contributed by atoms with Crippen molar-refractivity contribution >= 4 is 21.8 Å². The predicted molar refractivity (Wildman–Crippen MR) is 76.1 cm³/mol. The van der Waals surface area contributed by atoms with E-state index in [0.29, 0.717) is 6.42 Å². The molecule has 0 aliphatic carbocycles. The lowest BCUT2D eigenvalue weighted by atomic mass is 9.89. The van der Waals surface area contributed by atoms with E-state index in [9.17, 15) is 4.79 Å². The molecule has 0 spiro atoms. The van der Waals surface area contributed by atoms with Crippen molar-refractivity contribution < 1.29 is 4.79 Å². The van der Waals surface area contributed by atoms with E-state index in [2.05, 4.69) is 15.9 Å². The molecule has 1 aromatic carbocycles. The lowest BCUT2D eigenvalue weighted by Gasteiger charge is -2.42. The molecule has 4 heteroatoms. The van der Waals surface area contributed by atoms with Gasteiger partial charge in [0.05, 0.1) is 6.04 Å². The molecule has 0 bridgehead atoms. The second-order valence-electron chi connectivity index (χ2n) is 5.06. The van der Waals surface area contributed by atoms with Crippen LogP contribution in [0.4, 0.5) is 0 Å². The van der Waals surface area contributed by atoms with Crippen LogP contribution in [0, 0.1) is 0 Å². The Bertz CT molecular complexity index is 447. The molecule has 1 amide bonds. The molecule has 0 saturated carbocycles. The van der Waals surface area contributed by atoms with Gasteiger partial charge in [0.25, 0.3) is 0 Å². The smallest absolute Gasteiger partial charge is 0.223 e. The summed E-state index contributed by atoms with van der Waals surface area (Å²) in [6.45, 7) is 4.08. The molecule has 1 fully saturated rings. The highest BCUT2D eigenvalue weighted by Gasteiger charge is 2.36. The molecule has 1 saturated heterocycles. The zero-order chi connectivity index (χ0) is 13.3. The van der Waals surface area contributed by atoms with E-state index >= 15 is 0 Å². The molecule has 2 N–H and O–H groups in total. The Balaban J connectivity index is 2.43. The Kier molecular flexibility index (Phi) is 4.07. The largest absolute Gasteiger partial charge is 0.332 e. The second-order valence-corrected chi connectivity index (χ2v) is 5.92. The van der Waals surface area contributed by atoms with Gasteiger partial charge in [-0.1, -0.05) is 34.1 Å². The fourth-order valence-corrected chi connectivity index (χ4v) is 3.16. The van der Waals surface area contributed by atoms with Gasteiger partial charge in [-0.2, -0.15) is 0 Å². The van der Waals surface area contributed by atoms with Crippen LogP contribution in [0.5, 0.6) is 0 Å². The van der Waals surface area contributed by atoms with Gasteiger partial charge >= 0.3 is 0 Å². The number of nitrogens with zero attached hydrogens (tertiary/aromatic N) is 1. The minimum Gasteiger partial charge on any atom is -0.332 e. The number of benzene rings is 1. The number of carbonyl (C=O) groups excluding carboxylic acids is 1. The first-order valence-corrected chi connectivity index (χ1v) is 7.13. The Morgan fingerprint density at radius 3 is 2.67 bits per heavy atom. The van der Waals surface area contributed by atoms with Crippen LogP contribution in [0.25, 0.3) is 0 Å². The molecule has 2 unspecified atom stereocenters. The van der Waals surface area contributed by atoms with Gasteiger partial charge in [0.2, 0.25) is 5.91 Å². The van der Waals surface area contributed by atoms with Gasteiger partial charge in [0.15, 0.2) is 0 Å². The topological polar surface area (TPSA) is 46.3 Å². The molecule has 1 aliphatic rings. The van der Waals surface area contributed by atoms with Gasteiger partial charge in [-0.3, -0.25) is 4.79 Å². The number of hydrogen-bond donors (Lipinski definition) is 1. The summed E-state index contributed by atoms with van der Waals surface area (Å²) in [6, 6.07) is 8.16. The third-order valence-corrected chi connectivity index (χ3v) is 4.19. The van der Waals surface area contributed by atoms with Crippen molar-refractivity contribution in [2.24, 2.45) is 5.73 Å². The molecule has 98 valence electrons. The number of amides is 1. The van der Waals surface area contributed by atoms with Gasteiger partial charge in [-0.25, -0.2) is 0 Å². The van der Waals surface area contributed by atoms with Crippen molar-refractivity contribution in [1.29, 1.82) is 0 Å². The molecule has 1 aromatic rings. The minimum absolute atomic E-state index is 0.00352. The van der Waals surface area contributed by atoms with Crippen LogP contribution in [-0.4, -0.2) is 22.9 Å². The SMILES string of the molecule is CC(C)N1C(=O)CCC(N)C1c1ccccc1Br. The summed E-state index contributed by atoms with van der Waals surface area (Å²) >= 11 is 3.56. The standard InChI is InChI=1S/C14H19BrN2O/c1-9(2)17-13(18)8-7-12(16)14(17)10-5-3-4-6-11(10)15/h3-6,9,12,14H,7-8,16H2,1-2H3. The normalized spacial score (nSPS) is 24.7. The van der Waals surface area contributed by atoms with E-state index in [1.54, 1.807) is 0 Å². The van der Waals surface area contributed by atoms with E-state index in [0.717, 1.165) is 16.5 Å². The molecule has 18 heavy (non-hydrogen) atoms. The third-order valence-electron chi connectivity index (χ3n) is 3.46. The van der Waals surface area contributed by atoms with Gasteiger partial charge in [0, 0.05) is 23.0 Å². The van der Waals surface area contributed by atoms with E-state index in [4.69, 9.17) is 5.73 Å². The Morgan fingerprint density at radius 1 is 1.39 bits per heavy atom. The monoisotopic (exact) mass is 310 g/mol. The minimum atomic E-state index is -0.0261. The van der Waals surface area contributed by atoms with Gasteiger partial charge in [-0.15, -0.1) is 0 Å².